The van der Waals surface area contributed by atoms with Gasteiger partial charge in [-0.1, -0.05) is 83.9 Å². The highest BCUT2D eigenvalue weighted by Crippen LogP contribution is 2.25. The highest BCUT2D eigenvalue weighted by atomic mass is 35.5. The Bertz CT molecular complexity index is 998. The average molecular weight is 443 g/mol. The summed E-state index contributed by atoms with van der Waals surface area (Å²) in [5.74, 6) is -0.395. The Morgan fingerprint density at radius 2 is 1.47 bits per heavy atom. The van der Waals surface area contributed by atoms with E-state index in [-0.39, 0.29) is 6.61 Å². The number of alkyl carbamates (subject to hydrolysis) is 1. The molecular weight excluding hydrogens is 423 g/mol. The zero-order chi connectivity index (χ0) is 21.3. The second-order valence-electron chi connectivity index (χ2n) is 6.57. The van der Waals surface area contributed by atoms with Gasteiger partial charge in [-0.05, 0) is 29.3 Å². The minimum absolute atomic E-state index is 0.110. The zero-order valence-electron chi connectivity index (χ0n) is 16.0. The lowest BCUT2D eigenvalue weighted by atomic mass is 10.1. The second kappa shape index (κ2) is 10.7. The summed E-state index contributed by atoms with van der Waals surface area (Å²) in [6.07, 6.45) is -0.377. The third-order valence-electron chi connectivity index (χ3n) is 4.29. The molecule has 30 heavy (non-hydrogen) atoms. The predicted molar refractivity (Wildman–Crippen MR) is 119 cm³/mol. The van der Waals surface area contributed by atoms with Crippen LogP contribution in [0.15, 0.2) is 78.9 Å². The number of ether oxygens (including phenoxy) is 1. The van der Waals surface area contributed by atoms with Gasteiger partial charge < -0.3 is 15.4 Å². The van der Waals surface area contributed by atoms with Crippen LogP contribution in [0.1, 0.15) is 11.1 Å². The molecule has 0 radical (unpaired) electrons. The van der Waals surface area contributed by atoms with Crippen molar-refractivity contribution in [3.8, 4) is 0 Å². The van der Waals surface area contributed by atoms with E-state index in [9.17, 15) is 9.59 Å². The zero-order valence-corrected chi connectivity index (χ0v) is 17.5. The summed E-state index contributed by atoms with van der Waals surface area (Å²) in [5.41, 5.74) is 2.23. The Labute approximate surface area is 185 Å². The van der Waals surface area contributed by atoms with Crippen LogP contribution in [0.5, 0.6) is 0 Å². The van der Waals surface area contributed by atoms with Gasteiger partial charge in [0.05, 0.1) is 10.0 Å². The molecule has 0 unspecified atom stereocenters. The van der Waals surface area contributed by atoms with Crippen molar-refractivity contribution < 1.29 is 14.3 Å². The summed E-state index contributed by atoms with van der Waals surface area (Å²) in [6.45, 7) is 0.110. The summed E-state index contributed by atoms with van der Waals surface area (Å²) in [5, 5.41) is 6.12. The van der Waals surface area contributed by atoms with Crippen LogP contribution < -0.4 is 10.6 Å². The van der Waals surface area contributed by atoms with Gasteiger partial charge in [-0.3, -0.25) is 4.79 Å². The van der Waals surface area contributed by atoms with Gasteiger partial charge in [-0.15, -0.1) is 0 Å². The molecular formula is C23H20Cl2N2O3. The van der Waals surface area contributed by atoms with Gasteiger partial charge in [0.25, 0.3) is 0 Å². The molecule has 2 amide bonds. The maximum Gasteiger partial charge on any atom is 0.408 e. The average Bonchev–Trinajstić information content (AvgIpc) is 2.76. The molecule has 3 aromatic carbocycles. The van der Waals surface area contributed by atoms with E-state index in [1.807, 2.05) is 60.7 Å². The number of benzene rings is 3. The molecule has 0 bridgehead atoms. The molecule has 0 saturated heterocycles. The molecule has 0 spiro atoms. The SMILES string of the molecule is O=C(N[C@@H](Cc1ccccc1)C(=O)Nc1ccc(Cl)c(Cl)c1)OCc1ccccc1. The third kappa shape index (κ3) is 6.51. The first kappa shape index (κ1) is 21.7. The number of nitrogens with one attached hydrogen (secondary N) is 2. The van der Waals surface area contributed by atoms with E-state index in [0.717, 1.165) is 11.1 Å². The summed E-state index contributed by atoms with van der Waals surface area (Å²) < 4.78 is 5.26. The van der Waals surface area contributed by atoms with E-state index < -0.39 is 18.0 Å². The lowest BCUT2D eigenvalue weighted by molar-refractivity contribution is -0.118. The quantitative estimate of drug-likeness (QED) is 0.509. The first-order valence-electron chi connectivity index (χ1n) is 9.28. The van der Waals surface area contributed by atoms with Crippen molar-refractivity contribution >= 4 is 40.9 Å². The molecule has 5 nitrogen and oxygen atoms in total. The van der Waals surface area contributed by atoms with Gasteiger partial charge in [0.2, 0.25) is 5.91 Å². The molecule has 0 heterocycles. The van der Waals surface area contributed by atoms with E-state index in [0.29, 0.717) is 22.2 Å². The number of hydrogen-bond donors (Lipinski definition) is 2. The Hall–Kier alpha value is -3.02. The third-order valence-corrected chi connectivity index (χ3v) is 5.03. The molecule has 1 atom stereocenters. The standard InChI is InChI=1S/C23H20Cl2N2O3/c24-19-12-11-18(14-20(19)25)26-22(28)21(13-16-7-3-1-4-8-16)27-23(29)30-15-17-9-5-2-6-10-17/h1-12,14,21H,13,15H2,(H,26,28)(H,27,29)/t21-/m0/s1. The Morgan fingerprint density at radius 1 is 0.833 bits per heavy atom. The van der Waals surface area contributed by atoms with Gasteiger partial charge in [0.1, 0.15) is 12.6 Å². The maximum absolute atomic E-state index is 12.9. The number of carbonyl (C=O) groups is 2. The summed E-state index contributed by atoms with van der Waals surface area (Å²) in [6, 6.07) is 22.6. The van der Waals surface area contributed by atoms with Gasteiger partial charge >= 0.3 is 6.09 Å². The van der Waals surface area contributed by atoms with Crippen molar-refractivity contribution in [2.24, 2.45) is 0 Å². The predicted octanol–water partition coefficient (Wildman–Crippen LogP) is 5.47. The smallest absolute Gasteiger partial charge is 0.408 e. The molecule has 7 heteroatoms. The van der Waals surface area contributed by atoms with Crippen LogP contribution in [0, 0.1) is 0 Å². The number of hydrogen-bond acceptors (Lipinski definition) is 3. The second-order valence-corrected chi connectivity index (χ2v) is 7.38. The van der Waals surface area contributed by atoms with Gasteiger partial charge in [0, 0.05) is 12.1 Å². The molecule has 2 N–H and O–H groups in total. The van der Waals surface area contributed by atoms with Crippen molar-refractivity contribution in [3.05, 3.63) is 100 Å². The van der Waals surface area contributed by atoms with E-state index in [1.165, 1.54) is 0 Å². The Morgan fingerprint density at radius 3 is 2.10 bits per heavy atom. The van der Waals surface area contributed by atoms with Crippen molar-refractivity contribution in [2.45, 2.75) is 19.1 Å². The number of carbonyl (C=O) groups excluding carboxylic acids is 2. The lowest BCUT2D eigenvalue weighted by Crippen LogP contribution is -2.45. The fraction of sp³-hybridized carbons (Fsp3) is 0.130. The van der Waals surface area contributed by atoms with Crippen molar-refractivity contribution in [3.63, 3.8) is 0 Å². The van der Waals surface area contributed by atoms with Crippen LogP contribution >= 0.6 is 23.2 Å². The maximum atomic E-state index is 12.9. The first-order valence-corrected chi connectivity index (χ1v) is 10.0. The fourth-order valence-corrected chi connectivity index (χ4v) is 3.07. The Balaban J connectivity index is 1.68. The molecule has 0 saturated carbocycles. The Kier molecular flexibility index (Phi) is 7.71. The molecule has 0 aliphatic rings. The number of rotatable bonds is 7. The van der Waals surface area contributed by atoms with E-state index in [1.54, 1.807) is 18.2 Å². The summed E-state index contributed by atoms with van der Waals surface area (Å²) >= 11 is 11.9. The van der Waals surface area contributed by atoms with Crippen LogP contribution in [0.4, 0.5) is 10.5 Å². The van der Waals surface area contributed by atoms with E-state index >= 15 is 0 Å². The monoisotopic (exact) mass is 442 g/mol. The molecule has 0 fully saturated rings. The first-order chi connectivity index (χ1) is 14.5. The van der Waals surface area contributed by atoms with Gasteiger partial charge in [-0.2, -0.15) is 0 Å². The topological polar surface area (TPSA) is 67.4 Å². The molecule has 0 aliphatic carbocycles. The minimum atomic E-state index is -0.842. The van der Waals surface area contributed by atoms with E-state index in [2.05, 4.69) is 10.6 Å². The highest BCUT2D eigenvalue weighted by molar-refractivity contribution is 6.42. The number of amides is 2. The van der Waals surface area contributed by atoms with Crippen molar-refractivity contribution in [1.29, 1.82) is 0 Å². The van der Waals surface area contributed by atoms with Crippen molar-refractivity contribution in [2.75, 3.05) is 5.32 Å². The highest BCUT2D eigenvalue weighted by Gasteiger charge is 2.22. The van der Waals surface area contributed by atoms with E-state index in [4.69, 9.17) is 27.9 Å². The molecule has 3 rings (SSSR count). The lowest BCUT2D eigenvalue weighted by Gasteiger charge is -2.19. The molecule has 0 aliphatic heterocycles. The van der Waals surface area contributed by atoms with Crippen LogP contribution in [-0.2, 0) is 22.6 Å². The molecule has 154 valence electrons. The number of halogens is 2. The molecule has 3 aromatic rings. The number of anilines is 1. The summed E-state index contributed by atoms with van der Waals surface area (Å²) in [7, 11) is 0. The minimum Gasteiger partial charge on any atom is -0.445 e. The fourth-order valence-electron chi connectivity index (χ4n) is 2.77. The normalized spacial score (nSPS) is 11.4. The van der Waals surface area contributed by atoms with Crippen LogP contribution in [-0.4, -0.2) is 18.0 Å². The van der Waals surface area contributed by atoms with Gasteiger partial charge in [-0.25, -0.2) is 4.79 Å². The van der Waals surface area contributed by atoms with Crippen LogP contribution in [0.2, 0.25) is 10.0 Å². The van der Waals surface area contributed by atoms with Gasteiger partial charge in [0.15, 0.2) is 0 Å². The molecule has 0 aromatic heterocycles. The largest absolute Gasteiger partial charge is 0.445 e. The van der Waals surface area contributed by atoms with Crippen LogP contribution in [0.25, 0.3) is 0 Å². The van der Waals surface area contributed by atoms with Crippen LogP contribution in [0.3, 0.4) is 0 Å². The summed E-state index contributed by atoms with van der Waals surface area (Å²) in [4.78, 5) is 25.2. The van der Waals surface area contributed by atoms with Crippen molar-refractivity contribution in [1.82, 2.24) is 5.32 Å².